The van der Waals surface area contributed by atoms with Gasteiger partial charge < -0.3 is 20.6 Å². The van der Waals surface area contributed by atoms with E-state index in [1.54, 1.807) is 43.4 Å². The highest BCUT2D eigenvalue weighted by atomic mass is 32.1. The number of thiazole rings is 1. The Morgan fingerprint density at radius 3 is 2.47 bits per heavy atom. The maximum atomic E-state index is 13.7. The highest BCUT2D eigenvalue weighted by Gasteiger charge is 2.45. The molecular weight excluding hydrogens is 787 g/mol. The number of aliphatic hydroxyl groups is 1. The molecule has 0 radical (unpaired) electrons. The number of amides is 6. The molecule has 1 unspecified atom stereocenters. The number of nitrogens with zero attached hydrogens (tertiary/aromatic N) is 6. The second-order valence-corrected chi connectivity index (χ2v) is 17.4. The summed E-state index contributed by atoms with van der Waals surface area (Å²) in [6, 6.07) is 11.1. The van der Waals surface area contributed by atoms with Gasteiger partial charge in [-0.15, -0.1) is 11.3 Å². The van der Waals surface area contributed by atoms with Crippen LogP contribution < -0.4 is 16.0 Å². The molecule has 4 aliphatic rings. The number of piperazine rings is 1. The van der Waals surface area contributed by atoms with Gasteiger partial charge in [-0.3, -0.25) is 48.9 Å². The summed E-state index contributed by atoms with van der Waals surface area (Å²) in [7, 11) is 0. The molecule has 1 saturated carbocycles. The van der Waals surface area contributed by atoms with E-state index in [4.69, 9.17) is 4.98 Å². The third-order valence-corrected chi connectivity index (χ3v) is 13.1. The van der Waals surface area contributed by atoms with Crippen molar-refractivity contribution in [1.29, 1.82) is 5.26 Å². The Bertz CT molecular complexity index is 2460. The van der Waals surface area contributed by atoms with Gasteiger partial charge in [0.15, 0.2) is 0 Å². The molecule has 5 heterocycles. The fraction of sp³-hybridized carbons (Fsp3) is 0.419. The predicted molar refractivity (Wildman–Crippen MR) is 221 cm³/mol. The van der Waals surface area contributed by atoms with Gasteiger partial charge >= 0.3 is 0 Å². The number of nitriles is 1. The Kier molecular flexibility index (Phi) is 11.2. The van der Waals surface area contributed by atoms with Gasteiger partial charge in [0.2, 0.25) is 17.7 Å². The standard InChI is InChI=1S/C43H45N9O7S/c1-43(2,59)29-19-32-34(20-31(29)47-37(54)27-18-24(21-44)22-45-23-27)60-39(48-32)25-6-8-26(9-7-25)40(56)51-16-14-50(15-17-51)13-12-46-30-5-3-4-28-36(30)42(58)52(41(28)57)33-10-11-35(53)49-38(33)55/h3-5,18-20,22-23,25-26,33,46,59H,6-17H2,1-2H3,(H,47,54)(H,49,53,55). The maximum absolute atomic E-state index is 13.7. The van der Waals surface area contributed by atoms with Crippen molar-refractivity contribution in [3.63, 3.8) is 0 Å². The number of carbonyl (C=O) groups is 6. The molecule has 310 valence electrons. The number of pyridine rings is 1. The molecule has 3 fully saturated rings. The van der Waals surface area contributed by atoms with E-state index in [1.165, 1.54) is 18.5 Å². The topological polar surface area (TPSA) is 218 Å². The molecule has 60 heavy (non-hydrogen) atoms. The lowest BCUT2D eigenvalue weighted by Crippen LogP contribution is -2.54. The molecule has 2 saturated heterocycles. The van der Waals surface area contributed by atoms with E-state index in [9.17, 15) is 39.1 Å². The molecule has 0 bridgehead atoms. The van der Waals surface area contributed by atoms with Crippen LogP contribution in [0.25, 0.3) is 10.2 Å². The van der Waals surface area contributed by atoms with Gasteiger partial charge in [0.05, 0.1) is 43.1 Å². The molecule has 1 aliphatic carbocycles. The van der Waals surface area contributed by atoms with Crippen LogP contribution in [-0.4, -0.2) is 111 Å². The lowest BCUT2D eigenvalue weighted by Gasteiger charge is -2.37. The first-order chi connectivity index (χ1) is 28.8. The van der Waals surface area contributed by atoms with Crippen LogP contribution in [0.3, 0.4) is 0 Å². The van der Waals surface area contributed by atoms with Gasteiger partial charge in [0, 0.05) is 86.9 Å². The Morgan fingerprint density at radius 2 is 1.75 bits per heavy atom. The summed E-state index contributed by atoms with van der Waals surface area (Å²) in [4.78, 5) is 91.7. The van der Waals surface area contributed by atoms with Gasteiger partial charge in [0.25, 0.3) is 17.7 Å². The lowest BCUT2D eigenvalue weighted by molar-refractivity contribution is -0.138. The monoisotopic (exact) mass is 831 g/mol. The van der Waals surface area contributed by atoms with Crippen molar-refractivity contribution in [3.8, 4) is 6.07 Å². The van der Waals surface area contributed by atoms with Crippen molar-refractivity contribution in [2.24, 2.45) is 5.92 Å². The Labute approximate surface area is 349 Å². The summed E-state index contributed by atoms with van der Waals surface area (Å²) in [5.41, 5.74) is 1.91. The number of carbonyl (C=O) groups excluding carboxylic acids is 6. The molecule has 17 heteroatoms. The minimum atomic E-state index is -1.27. The normalized spacial score (nSPS) is 21.1. The fourth-order valence-corrected chi connectivity index (χ4v) is 9.80. The number of rotatable bonds is 10. The predicted octanol–water partition coefficient (Wildman–Crippen LogP) is 3.97. The minimum absolute atomic E-state index is 0.0540. The summed E-state index contributed by atoms with van der Waals surface area (Å²) < 4.78 is 0.871. The van der Waals surface area contributed by atoms with Gasteiger partial charge in [0.1, 0.15) is 12.1 Å². The van der Waals surface area contributed by atoms with E-state index >= 15 is 0 Å². The van der Waals surface area contributed by atoms with Crippen molar-refractivity contribution >= 4 is 68.4 Å². The number of aromatic nitrogens is 2. The maximum Gasteiger partial charge on any atom is 0.264 e. The molecule has 2 aromatic carbocycles. The zero-order valence-electron chi connectivity index (χ0n) is 33.3. The Balaban J connectivity index is 0.825. The van der Waals surface area contributed by atoms with Crippen molar-refractivity contribution < 1.29 is 33.9 Å². The smallest absolute Gasteiger partial charge is 0.264 e. The van der Waals surface area contributed by atoms with Gasteiger partial charge in [-0.25, -0.2) is 4.98 Å². The van der Waals surface area contributed by atoms with Crippen LogP contribution >= 0.6 is 11.3 Å². The number of imide groups is 2. The molecule has 16 nitrogen and oxygen atoms in total. The van der Waals surface area contributed by atoms with Crippen molar-refractivity contribution in [3.05, 3.63) is 81.6 Å². The van der Waals surface area contributed by atoms with Crippen molar-refractivity contribution in [2.75, 3.05) is 49.9 Å². The average Bonchev–Trinajstić information content (AvgIpc) is 3.77. The molecule has 4 aromatic rings. The van der Waals surface area contributed by atoms with E-state index in [0.717, 1.165) is 45.8 Å². The number of fused-ring (bicyclic) bond motifs is 2. The molecule has 2 aromatic heterocycles. The van der Waals surface area contributed by atoms with Crippen LogP contribution in [0.4, 0.5) is 11.4 Å². The van der Waals surface area contributed by atoms with Crippen LogP contribution in [0, 0.1) is 17.2 Å². The molecular formula is C43H45N9O7S. The number of piperidine rings is 1. The van der Waals surface area contributed by atoms with Crippen molar-refractivity contribution in [2.45, 2.75) is 69.9 Å². The van der Waals surface area contributed by atoms with Crippen LogP contribution in [0.15, 0.2) is 48.8 Å². The zero-order valence-corrected chi connectivity index (χ0v) is 34.1. The molecule has 0 spiro atoms. The lowest BCUT2D eigenvalue weighted by atomic mass is 9.81. The second-order valence-electron chi connectivity index (χ2n) is 16.3. The van der Waals surface area contributed by atoms with Crippen molar-refractivity contribution in [1.82, 2.24) is 30.0 Å². The van der Waals surface area contributed by atoms with E-state index in [1.807, 2.05) is 23.1 Å². The van der Waals surface area contributed by atoms with Gasteiger partial charge in [-0.1, -0.05) is 6.07 Å². The number of benzene rings is 2. The van der Waals surface area contributed by atoms with E-state index in [-0.39, 0.29) is 52.8 Å². The molecule has 1 atom stereocenters. The molecule has 4 N–H and O–H groups in total. The first kappa shape index (κ1) is 40.7. The van der Waals surface area contributed by atoms with E-state index < -0.39 is 41.2 Å². The highest BCUT2D eigenvalue weighted by Crippen LogP contribution is 2.42. The summed E-state index contributed by atoms with van der Waals surface area (Å²) in [5, 5.41) is 29.7. The third kappa shape index (κ3) is 8.10. The molecule has 6 amide bonds. The molecule has 8 rings (SSSR count). The highest BCUT2D eigenvalue weighted by molar-refractivity contribution is 7.18. The first-order valence-electron chi connectivity index (χ1n) is 20.2. The SMILES string of the molecule is CC(C)(O)c1cc2nc(C3CCC(C(=O)N4CCN(CCNc5cccc6c5C(=O)N(C5CCC(=O)NC5=O)C6=O)CC4)CC3)sc2cc1NC(=O)c1cncc(C#N)c1. The second kappa shape index (κ2) is 16.5. The average molecular weight is 832 g/mol. The summed E-state index contributed by atoms with van der Waals surface area (Å²) in [5.74, 6) is -2.28. The summed E-state index contributed by atoms with van der Waals surface area (Å²) in [6.45, 7) is 7.12. The Hall–Kier alpha value is -6.09. The third-order valence-electron chi connectivity index (χ3n) is 11.9. The summed E-state index contributed by atoms with van der Waals surface area (Å²) >= 11 is 1.56. The number of hydrogen-bond donors (Lipinski definition) is 4. The molecule has 3 aliphatic heterocycles. The quantitative estimate of drug-likeness (QED) is 0.167. The number of anilines is 2. The number of nitrogens with one attached hydrogen (secondary N) is 3. The number of hydrogen-bond acceptors (Lipinski definition) is 13. The largest absolute Gasteiger partial charge is 0.386 e. The van der Waals surface area contributed by atoms with Crippen LogP contribution in [0.5, 0.6) is 0 Å². The first-order valence-corrected chi connectivity index (χ1v) is 21.0. The van der Waals surface area contributed by atoms with Crippen LogP contribution in [0.2, 0.25) is 0 Å². The van der Waals surface area contributed by atoms with E-state index in [2.05, 4.69) is 25.8 Å². The zero-order chi connectivity index (χ0) is 42.3. The summed E-state index contributed by atoms with van der Waals surface area (Å²) in [6.07, 6.45) is 6.11. The minimum Gasteiger partial charge on any atom is -0.386 e. The Morgan fingerprint density at radius 1 is 0.983 bits per heavy atom. The van der Waals surface area contributed by atoms with Gasteiger partial charge in [-0.2, -0.15) is 5.26 Å². The van der Waals surface area contributed by atoms with Gasteiger partial charge in [-0.05, 0) is 76.3 Å². The van der Waals surface area contributed by atoms with Crippen LogP contribution in [0.1, 0.15) is 105 Å². The fourth-order valence-electron chi connectivity index (χ4n) is 8.64. The van der Waals surface area contributed by atoms with Crippen LogP contribution in [-0.2, 0) is 20.0 Å². The van der Waals surface area contributed by atoms with E-state index in [0.29, 0.717) is 56.2 Å².